The number of aromatic nitrogens is 1. The highest BCUT2D eigenvalue weighted by Gasteiger charge is 2.33. The number of rotatable bonds is 7. The minimum Gasteiger partial charge on any atom is -0.464 e. The maximum absolute atomic E-state index is 12.3. The van der Waals surface area contributed by atoms with Gasteiger partial charge in [0.05, 0.1) is 13.7 Å². The maximum atomic E-state index is 12.3. The summed E-state index contributed by atoms with van der Waals surface area (Å²) in [6.45, 7) is 5.54. The van der Waals surface area contributed by atoms with Crippen molar-refractivity contribution in [3.8, 4) is 0 Å². The molecule has 1 aromatic heterocycles. The normalized spacial score (nSPS) is 14.3. The van der Waals surface area contributed by atoms with Gasteiger partial charge in [-0.25, -0.2) is 9.78 Å². The Hall–Kier alpha value is -1.43. The van der Waals surface area contributed by atoms with Crippen molar-refractivity contribution in [2.75, 3.05) is 13.7 Å². The highest BCUT2D eigenvalue weighted by Crippen LogP contribution is 2.32. The molecule has 1 aromatic rings. The molecule has 0 atom stereocenters. The molecule has 1 aliphatic carbocycles. The maximum Gasteiger partial charge on any atom is 0.357 e. The molecular formula is C15H22N2O3S. The number of carbonyl (C=O) groups is 2. The van der Waals surface area contributed by atoms with Crippen molar-refractivity contribution in [1.82, 2.24) is 9.88 Å². The molecule has 0 aliphatic heterocycles. The zero-order valence-electron chi connectivity index (χ0n) is 12.8. The number of ether oxygens (including phenoxy) is 1. The Morgan fingerprint density at radius 1 is 1.48 bits per heavy atom. The predicted molar refractivity (Wildman–Crippen MR) is 81.0 cm³/mol. The molecule has 2 rings (SSSR count). The molecule has 1 fully saturated rings. The van der Waals surface area contributed by atoms with Crippen molar-refractivity contribution in [2.24, 2.45) is 11.8 Å². The molecule has 1 amide bonds. The third kappa shape index (κ3) is 4.52. The van der Waals surface area contributed by atoms with Gasteiger partial charge < -0.3 is 9.64 Å². The molecular weight excluding hydrogens is 288 g/mol. The van der Waals surface area contributed by atoms with Gasteiger partial charge in [0, 0.05) is 17.8 Å². The molecule has 0 saturated heterocycles. The van der Waals surface area contributed by atoms with Gasteiger partial charge in [0.1, 0.15) is 5.01 Å². The van der Waals surface area contributed by atoms with Gasteiger partial charge in [-0.3, -0.25) is 4.79 Å². The minimum absolute atomic E-state index is 0.206. The molecule has 0 radical (unpaired) electrons. The fourth-order valence-corrected chi connectivity index (χ4v) is 2.79. The van der Waals surface area contributed by atoms with Crippen LogP contribution in [-0.4, -0.2) is 35.4 Å². The quantitative estimate of drug-likeness (QED) is 0.727. The summed E-state index contributed by atoms with van der Waals surface area (Å²) < 4.78 is 4.65. The van der Waals surface area contributed by atoms with Crippen molar-refractivity contribution in [2.45, 2.75) is 39.7 Å². The second kappa shape index (κ2) is 7.02. The van der Waals surface area contributed by atoms with Gasteiger partial charge in [-0.15, -0.1) is 11.3 Å². The fraction of sp³-hybridized carbons (Fsp3) is 0.667. The van der Waals surface area contributed by atoms with E-state index in [0.29, 0.717) is 18.2 Å². The monoisotopic (exact) mass is 310 g/mol. The summed E-state index contributed by atoms with van der Waals surface area (Å²) in [7, 11) is 1.34. The predicted octanol–water partition coefficient (Wildman–Crippen LogP) is 2.71. The van der Waals surface area contributed by atoms with Crippen LogP contribution < -0.4 is 0 Å². The first kappa shape index (κ1) is 15.9. The SMILES string of the molecule is COC(=O)c1csc(CN(CCC(C)C)C(=O)C2CC2)n1. The van der Waals surface area contributed by atoms with E-state index in [9.17, 15) is 9.59 Å². The summed E-state index contributed by atoms with van der Waals surface area (Å²) in [5, 5.41) is 2.47. The lowest BCUT2D eigenvalue weighted by Gasteiger charge is -2.22. The molecule has 0 aromatic carbocycles. The number of hydrogen-bond acceptors (Lipinski definition) is 5. The fourth-order valence-electron chi connectivity index (χ4n) is 2.01. The van der Waals surface area contributed by atoms with Crippen LogP contribution in [0.5, 0.6) is 0 Å². The van der Waals surface area contributed by atoms with Crippen LogP contribution in [0.15, 0.2) is 5.38 Å². The van der Waals surface area contributed by atoms with Crippen LogP contribution in [0, 0.1) is 11.8 Å². The number of amides is 1. The van der Waals surface area contributed by atoms with E-state index >= 15 is 0 Å². The van der Waals surface area contributed by atoms with E-state index in [1.54, 1.807) is 5.38 Å². The Kier molecular flexibility index (Phi) is 5.33. The number of thiazole rings is 1. The van der Waals surface area contributed by atoms with Crippen LogP contribution in [-0.2, 0) is 16.1 Å². The molecule has 1 aliphatic rings. The largest absolute Gasteiger partial charge is 0.464 e. The van der Waals surface area contributed by atoms with E-state index in [1.807, 2.05) is 4.90 Å². The first-order valence-corrected chi connectivity index (χ1v) is 8.20. The van der Waals surface area contributed by atoms with Gasteiger partial charge in [-0.05, 0) is 25.2 Å². The molecule has 0 N–H and O–H groups in total. The lowest BCUT2D eigenvalue weighted by atomic mass is 10.1. The van der Waals surface area contributed by atoms with Gasteiger partial charge in [0.15, 0.2) is 5.69 Å². The standard InChI is InChI=1S/C15H22N2O3S/c1-10(2)6-7-17(14(18)11-4-5-11)8-13-16-12(9-21-13)15(19)20-3/h9-11H,4-8H2,1-3H3. The molecule has 1 heterocycles. The summed E-state index contributed by atoms with van der Waals surface area (Å²) >= 11 is 1.40. The first-order chi connectivity index (χ1) is 10.0. The molecule has 116 valence electrons. The second-order valence-corrected chi connectivity index (χ2v) is 6.78. The third-order valence-corrected chi connectivity index (χ3v) is 4.32. The average Bonchev–Trinajstić information content (AvgIpc) is 3.21. The van der Waals surface area contributed by atoms with Crippen molar-refractivity contribution in [3.05, 3.63) is 16.1 Å². The summed E-state index contributed by atoms with van der Waals surface area (Å²) in [5.74, 6) is 0.559. The lowest BCUT2D eigenvalue weighted by Crippen LogP contribution is -2.33. The summed E-state index contributed by atoms with van der Waals surface area (Å²) in [6.07, 6.45) is 2.98. The van der Waals surface area contributed by atoms with Gasteiger partial charge in [-0.1, -0.05) is 13.8 Å². The molecule has 1 saturated carbocycles. The van der Waals surface area contributed by atoms with Crippen LogP contribution >= 0.6 is 11.3 Å². The number of hydrogen-bond donors (Lipinski definition) is 0. The van der Waals surface area contributed by atoms with E-state index < -0.39 is 5.97 Å². The van der Waals surface area contributed by atoms with Crippen molar-refractivity contribution in [1.29, 1.82) is 0 Å². The Balaban J connectivity index is 2.01. The average molecular weight is 310 g/mol. The van der Waals surface area contributed by atoms with E-state index in [-0.39, 0.29) is 11.8 Å². The first-order valence-electron chi connectivity index (χ1n) is 7.32. The minimum atomic E-state index is -0.431. The second-order valence-electron chi connectivity index (χ2n) is 5.83. The Labute approximate surface area is 129 Å². The highest BCUT2D eigenvalue weighted by molar-refractivity contribution is 7.09. The molecule has 5 nitrogen and oxygen atoms in total. The van der Waals surface area contributed by atoms with Gasteiger partial charge >= 0.3 is 5.97 Å². The summed E-state index contributed by atoms with van der Waals surface area (Å²) in [6, 6.07) is 0. The topological polar surface area (TPSA) is 59.5 Å². The Bertz CT molecular complexity index is 509. The molecule has 0 bridgehead atoms. The number of nitrogens with zero attached hydrogens (tertiary/aromatic N) is 2. The van der Waals surface area contributed by atoms with E-state index in [0.717, 1.165) is 30.8 Å². The van der Waals surface area contributed by atoms with Crippen LogP contribution in [0.1, 0.15) is 48.6 Å². The Morgan fingerprint density at radius 3 is 2.76 bits per heavy atom. The lowest BCUT2D eigenvalue weighted by molar-refractivity contribution is -0.133. The highest BCUT2D eigenvalue weighted by atomic mass is 32.1. The van der Waals surface area contributed by atoms with Crippen molar-refractivity contribution >= 4 is 23.2 Å². The van der Waals surface area contributed by atoms with Crippen molar-refractivity contribution in [3.63, 3.8) is 0 Å². The number of carbonyl (C=O) groups excluding carboxylic acids is 2. The molecule has 0 spiro atoms. The third-order valence-electron chi connectivity index (χ3n) is 3.49. The number of methoxy groups -OCH3 is 1. The van der Waals surface area contributed by atoms with Crippen LogP contribution in [0.3, 0.4) is 0 Å². The molecule has 6 heteroatoms. The summed E-state index contributed by atoms with van der Waals surface area (Å²) in [5.41, 5.74) is 0.320. The summed E-state index contributed by atoms with van der Waals surface area (Å²) in [4.78, 5) is 29.9. The van der Waals surface area contributed by atoms with E-state index in [2.05, 4.69) is 23.6 Å². The van der Waals surface area contributed by atoms with Gasteiger partial charge in [0.25, 0.3) is 0 Å². The number of esters is 1. The zero-order valence-corrected chi connectivity index (χ0v) is 13.6. The van der Waals surface area contributed by atoms with E-state index in [1.165, 1.54) is 18.4 Å². The van der Waals surface area contributed by atoms with Crippen molar-refractivity contribution < 1.29 is 14.3 Å². The van der Waals surface area contributed by atoms with Crippen LogP contribution in [0.25, 0.3) is 0 Å². The smallest absolute Gasteiger partial charge is 0.357 e. The van der Waals surface area contributed by atoms with Crippen LogP contribution in [0.4, 0.5) is 0 Å². The molecule has 0 unspecified atom stereocenters. The van der Waals surface area contributed by atoms with Gasteiger partial charge in [-0.2, -0.15) is 0 Å². The molecule has 21 heavy (non-hydrogen) atoms. The van der Waals surface area contributed by atoms with Gasteiger partial charge in [0.2, 0.25) is 5.91 Å². The zero-order chi connectivity index (χ0) is 15.4. The van der Waals surface area contributed by atoms with E-state index in [4.69, 9.17) is 0 Å². The van der Waals surface area contributed by atoms with Crippen LogP contribution in [0.2, 0.25) is 0 Å². The Morgan fingerprint density at radius 2 is 2.19 bits per heavy atom.